The highest BCUT2D eigenvalue weighted by Gasteiger charge is 2.29. The predicted molar refractivity (Wildman–Crippen MR) is 80.6 cm³/mol. The van der Waals surface area contributed by atoms with Crippen LogP contribution in [0.3, 0.4) is 0 Å². The molecule has 4 nitrogen and oxygen atoms in total. The van der Waals surface area contributed by atoms with Crippen molar-refractivity contribution in [2.45, 2.75) is 37.5 Å². The molecule has 0 aliphatic carbocycles. The van der Waals surface area contributed by atoms with Gasteiger partial charge in [-0.05, 0) is 56.0 Å². The molecule has 2 N–H and O–H groups in total. The van der Waals surface area contributed by atoms with Gasteiger partial charge in [0.2, 0.25) is 9.84 Å². The van der Waals surface area contributed by atoms with Gasteiger partial charge in [0.15, 0.2) is 0 Å². The third-order valence-electron chi connectivity index (χ3n) is 3.47. The first-order valence-corrected chi connectivity index (χ1v) is 7.99. The Hall–Kier alpha value is -2.01. The Morgan fingerprint density at radius 2 is 1.38 bits per heavy atom. The van der Waals surface area contributed by atoms with Crippen molar-refractivity contribution in [2.75, 3.05) is 0 Å². The quantitative estimate of drug-likeness (QED) is 0.893. The number of benzene rings is 2. The van der Waals surface area contributed by atoms with E-state index >= 15 is 0 Å². The zero-order valence-corrected chi connectivity index (χ0v) is 13.2. The lowest BCUT2D eigenvalue weighted by Gasteiger charge is -2.15. The van der Waals surface area contributed by atoms with Crippen molar-refractivity contribution in [3.8, 4) is 11.5 Å². The molecule has 0 fully saturated rings. The highest BCUT2D eigenvalue weighted by Crippen LogP contribution is 2.38. The van der Waals surface area contributed by atoms with E-state index in [4.69, 9.17) is 0 Å². The van der Waals surface area contributed by atoms with Crippen molar-refractivity contribution in [2.24, 2.45) is 0 Å². The zero-order chi connectivity index (χ0) is 15.9. The van der Waals surface area contributed by atoms with E-state index in [1.165, 1.54) is 6.07 Å². The van der Waals surface area contributed by atoms with Crippen LogP contribution in [0.1, 0.15) is 22.3 Å². The summed E-state index contributed by atoms with van der Waals surface area (Å²) in [4.78, 5) is -0.304. The molecule has 0 atom stereocenters. The van der Waals surface area contributed by atoms with Gasteiger partial charge in [0.05, 0.1) is 0 Å². The highest BCUT2D eigenvalue weighted by molar-refractivity contribution is 7.91. The number of aryl methyl sites for hydroxylation is 4. The largest absolute Gasteiger partial charge is 0.507 e. The summed E-state index contributed by atoms with van der Waals surface area (Å²) in [5, 5.41) is 20.2. The first kappa shape index (κ1) is 15.4. The molecule has 0 saturated carbocycles. The minimum Gasteiger partial charge on any atom is -0.507 e. The smallest absolute Gasteiger partial charge is 0.214 e. The zero-order valence-electron chi connectivity index (χ0n) is 12.4. The summed E-state index contributed by atoms with van der Waals surface area (Å²) in [6.45, 7) is 6.66. The van der Waals surface area contributed by atoms with Crippen LogP contribution in [0, 0.1) is 27.7 Å². The second-order valence-corrected chi connectivity index (χ2v) is 7.13. The van der Waals surface area contributed by atoms with Crippen molar-refractivity contribution in [1.82, 2.24) is 0 Å². The molecule has 0 aliphatic heterocycles. The number of hydrogen-bond donors (Lipinski definition) is 2. The molecular formula is C16H18O4S. The maximum atomic E-state index is 12.9. The topological polar surface area (TPSA) is 74.6 Å². The van der Waals surface area contributed by atoms with Gasteiger partial charge >= 0.3 is 0 Å². The van der Waals surface area contributed by atoms with Crippen LogP contribution in [0.5, 0.6) is 11.5 Å². The van der Waals surface area contributed by atoms with E-state index in [1.54, 1.807) is 45.9 Å². The van der Waals surface area contributed by atoms with Crippen LogP contribution in [-0.2, 0) is 9.84 Å². The average molecular weight is 306 g/mol. The van der Waals surface area contributed by atoms with Crippen molar-refractivity contribution in [3.05, 3.63) is 46.5 Å². The maximum absolute atomic E-state index is 12.9. The number of phenolic OH excluding ortho intramolecular Hbond substituents is 2. The average Bonchev–Trinajstić information content (AvgIpc) is 2.32. The fraction of sp³-hybridized carbons (Fsp3) is 0.250. The summed E-state index contributed by atoms with van der Waals surface area (Å²) < 4.78 is 25.7. The fourth-order valence-corrected chi connectivity index (χ4v) is 4.42. The molecule has 0 saturated heterocycles. The van der Waals surface area contributed by atoms with Gasteiger partial charge in [-0.25, -0.2) is 8.42 Å². The molecular weight excluding hydrogens is 288 g/mol. The van der Waals surface area contributed by atoms with Gasteiger partial charge in [-0.3, -0.25) is 0 Å². The molecule has 2 aromatic rings. The molecule has 0 heterocycles. The second kappa shape index (κ2) is 5.07. The van der Waals surface area contributed by atoms with Gasteiger partial charge in [0.25, 0.3) is 0 Å². The van der Waals surface area contributed by atoms with Gasteiger partial charge in [0.1, 0.15) is 21.3 Å². The van der Waals surface area contributed by atoms with E-state index in [-0.39, 0.29) is 21.3 Å². The highest BCUT2D eigenvalue weighted by atomic mass is 32.2. The summed E-state index contributed by atoms with van der Waals surface area (Å²) in [7, 11) is -4.00. The summed E-state index contributed by atoms with van der Waals surface area (Å²) in [5.41, 5.74) is 2.14. The molecule has 2 rings (SSSR count). The molecule has 0 aromatic heterocycles. The number of phenols is 2. The monoisotopic (exact) mass is 306 g/mol. The van der Waals surface area contributed by atoms with Crippen LogP contribution in [-0.4, -0.2) is 18.6 Å². The molecule has 112 valence electrons. The first-order valence-electron chi connectivity index (χ1n) is 6.50. The lowest BCUT2D eigenvalue weighted by atomic mass is 10.1. The van der Waals surface area contributed by atoms with Crippen LogP contribution in [0.25, 0.3) is 0 Å². The summed E-state index contributed by atoms with van der Waals surface area (Å²) >= 11 is 0. The molecule has 21 heavy (non-hydrogen) atoms. The van der Waals surface area contributed by atoms with Gasteiger partial charge in [-0.1, -0.05) is 18.2 Å². The fourth-order valence-electron chi connectivity index (χ4n) is 2.49. The second-order valence-electron chi connectivity index (χ2n) is 5.31. The number of hydrogen-bond acceptors (Lipinski definition) is 4. The Morgan fingerprint density at radius 1 is 0.810 bits per heavy atom. The van der Waals surface area contributed by atoms with E-state index in [0.717, 1.165) is 5.56 Å². The Bertz CT molecular complexity index is 797. The predicted octanol–water partition coefficient (Wildman–Crippen LogP) is 3.16. The maximum Gasteiger partial charge on any atom is 0.214 e. The minimum atomic E-state index is -4.00. The summed E-state index contributed by atoms with van der Waals surface area (Å²) in [6, 6.07) is 6.39. The molecule has 0 spiro atoms. The van der Waals surface area contributed by atoms with E-state index in [1.807, 2.05) is 0 Å². The SMILES string of the molecule is Cc1cc(C)c(S(=O)(=O)c2c(C)ccc(C)c2O)c(O)c1. The molecule has 5 heteroatoms. The Kier molecular flexibility index (Phi) is 3.72. The molecule has 0 bridgehead atoms. The standard InChI is InChI=1S/C16H18O4S/c1-9-7-12(4)15(13(17)8-9)21(19,20)16-11(3)6-5-10(2)14(16)18/h5-8,17-18H,1-4H3. The van der Waals surface area contributed by atoms with Crippen LogP contribution < -0.4 is 0 Å². The van der Waals surface area contributed by atoms with E-state index < -0.39 is 9.84 Å². The summed E-state index contributed by atoms with van der Waals surface area (Å²) in [5.74, 6) is -0.567. The van der Waals surface area contributed by atoms with Gasteiger partial charge in [-0.15, -0.1) is 0 Å². The van der Waals surface area contributed by atoms with E-state index in [0.29, 0.717) is 16.7 Å². The van der Waals surface area contributed by atoms with E-state index in [9.17, 15) is 18.6 Å². The number of aromatic hydroxyl groups is 2. The molecule has 0 amide bonds. The van der Waals surface area contributed by atoms with Crippen molar-refractivity contribution in [3.63, 3.8) is 0 Å². The Morgan fingerprint density at radius 3 is 1.95 bits per heavy atom. The third kappa shape index (κ3) is 2.49. The van der Waals surface area contributed by atoms with Gasteiger partial charge in [-0.2, -0.15) is 0 Å². The third-order valence-corrected chi connectivity index (χ3v) is 5.59. The van der Waals surface area contributed by atoms with Crippen LogP contribution >= 0.6 is 0 Å². The van der Waals surface area contributed by atoms with E-state index in [2.05, 4.69) is 0 Å². The molecule has 0 aliphatic rings. The van der Waals surface area contributed by atoms with Crippen LogP contribution in [0.15, 0.2) is 34.1 Å². The summed E-state index contributed by atoms with van der Waals surface area (Å²) in [6.07, 6.45) is 0. The lowest BCUT2D eigenvalue weighted by Crippen LogP contribution is -2.08. The van der Waals surface area contributed by atoms with Crippen LogP contribution in [0.4, 0.5) is 0 Å². The van der Waals surface area contributed by atoms with Gasteiger partial charge < -0.3 is 10.2 Å². The lowest BCUT2D eigenvalue weighted by molar-refractivity contribution is 0.449. The molecule has 0 unspecified atom stereocenters. The Labute approximate surface area is 124 Å². The molecule has 0 radical (unpaired) electrons. The van der Waals surface area contributed by atoms with Crippen molar-refractivity contribution < 1.29 is 18.6 Å². The Balaban J connectivity index is 2.85. The van der Waals surface area contributed by atoms with Gasteiger partial charge in [0, 0.05) is 0 Å². The van der Waals surface area contributed by atoms with Crippen molar-refractivity contribution in [1.29, 1.82) is 0 Å². The number of rotatable bonds is 2. The van der Waals surface area contributed by atoms with Crippen molar-refractivity contribution >= 4 is 9.84 Å². The minimum absolute atomic E-state index is 0.148. The first-order chi connectivity index (χ1) is 9.66. The normalized spacial score (nSPS) is 11.6. The molecule has 2 aromatic carbocycles. The number of sulfone groups is 1. The van der Waals surface area contributed by atoms with Crippen LogP contribution in [0.2, 0.25) is 0 Å².